The molecule has 0 aliphatic carbocycles. The van der Waals surface area contributed by atoms with E-state index in [4.69, 9.17) is 10.5 Å². The van der Waals surface area contributed by atoms with Gasteiger partial charge in [0.1, 0.15) is 6.07 Å². The van der Waals surface area contributed by atoms with E-state index in [1.54, 1.807) is 24.3 Å². The molecule has 1 aromatic rings. The Bertz CT molecular complexity index is 577. The van der Waals surface area contributed by atoms with E-state index in [9.17, 15) is 4.79 Å². The molecule has 0 spiro atoms. The Kier molecular flexibility index (Phi) is 5.31. The van der Waals surface area contributed by atoms with Crippen molar-refractivity contribution in [3.8, 4) is 12.1 Å². The molecule has 1 fully saturated rings. The van der Waals surface area contributed by atoms with Crippen molar-refractivity contribution in [3.05, 3.63) is 29.8 Å². The molecule has 2 rings (SSSR count). The van der Waals surface area contributed by atoms with Crippen LogP contribution in [-0.4, -0.2) is 30.4 Å². The number of rotatable bonds is 4. The number of anilines is 1. The summed E-state index contributed by atoms with van der Waals surface area (Å²) < 4.78 is 0. The highest BCUT2D eigenvalue weighted by Crippen LogP contribution is 2.21. The molecule has 1 N–H and O–H groups in total. The second-order valence-electron chi connectivity index (χ2n) is 5.17. The summed E-state index contributed by atoms with van der Waals surface area (Å²) in [5.74, 6) is -0.0345. The predicted molar refractivity (Wildman–Crippen MR) is 79.2 cm³/mol. The molecule has 0 atom stereocenters. The Morgan fingerprint density at radius 2 is 2.00 bits per heavy atom. The van der Waals surface area contributed by atoms with Crippen LogP contribution in [0.4, 0.5) is 5.69 Å². The maximum absolute atomic E-state index is 12.3. The summed E-state index contributed by atoms with van der Waals surface area (Å²) in [5.41, 5.74) is 1.06. The summed E-state index contributed by atoms with van der Waals surface area (Å²) in [5, 5.41) is 20.5. The zero-order valence-electron chi connectivity index (χ0n) is 11.9. The van der Waals surface area contributed by atoms with E-state index in [1.807, 2.05) is 0 Å². The zero-order chi connectivity index (χ0) is 15.1. The molecule has 21 heavy (non-hydrogen) atoms. The van der Waals surface area contributed by atoms with Crippen LogP contribution < -0.4 is 5.32 Å². The number of nitrogens with zero attached hydrogens (tertiary/aromatic N) is 3. The summed E-state index contributed by atoms with van der Waals surface area (Å²) >= 11 is 0. The smallest absolute Gasteiger partial charge is 0.227 e. The summed E-state index contributed by atoms with van der Waals surface area (Å²) in [6, 6.07) is 11.3. The number of piperidine rings is 1. The topological polar surface area (TPSA) is 79.9 Å². The van der Waals surface area contributed by atoms with Crippen LogP contribution >= 0.6 is 0 Å². The van der Waals surface area contributed by atoms with Crippen molar-refractivity contribution in [3.63, 3.8) is 0 Å². The first-order valence-electron chi connectivity index (χ1n) is 7.14. The highest BCUT2D eigenvalue weighted by atomic mass is 16.1. The van der Waals surface area contributed by atoms with Gasteiger partial charge in [-0.1, -0.05) is 12.1 Å². The number of carbonyl (C=O) groups excluding carboxylic acids is 1. The molecule has 0 aromatic heterocycles. The van der Waals surface area contributed by atoms with Crippen LogP contribution in [0.1, 0.15) is 24.8 Å². The van der Waals surface area contributed by atoms with E-state index in [1.165, 1.54) is 0 Å². The molecule has 1 aliphatic rings. The van der Waals surface area contributed by atoms with Gasteiger partial charge < -0.3 is 10.2 Å². The van der Waals surface area contributed by atoms with Gasteiger partial charge in [-0.05, 0) is 38.1 Å². The molecule has 0 unspecified atom stereocenters. The number of nitriles is 2. The number of likely N-dealkylation sites (tertiary alicyclic amines) is 1. The second kappa shape index (κ2) is 7.42. The number of nitrogens with one attached hydrogen (secondary N) is 1. The fourth-order valence-corrected chi connectivity index (χ4v) is 2.55. The van der Waals surface area contributed by atoms with Gasteiger partial charge >= 0.3 is 0 Å². The fraction of sp³-hybridized carbons (Fsp3) is 0.438. The highest BCUT2D eigenvalue weighted by molar-refractivity contribution is 5.93. The van der Waals surface area contributed by atoms with Crippen molar-refractivity contribution in [2.75, 3.05) is 25.0 Å². The molecule has 0 bridgehead atoms. The van der Waals surface area contributed by atoms with E-state index in [2.05, 4.69) is 22.4 Å². The van der Waals surface area contributed by atoms with Crippen LogP contribution in [0.15, 0.2) is 24.3 Å². The van der Waals surface area contributed by atoms with Crippen LogP contribution in [0.5, 0.6) is 0 Å². The van der Waals surface area contributed by atoms with Gasteiger partial charge in [-0.2, -0.15) is 10.5 Å². The van der Waals surface area contributed by atoms with Crippen molar-refractivity contribution >= 4 is 11.6 Å². The zero-order valence-corrected chi connectivity index (χ0v) is 11.9. The van der Waals surface area contributed by atoms with Gasteiger partial charge in [-0.3, -0.25) is 4.79 Å². The molecular weight excluding hydrogens is 264 g/mol. The van der Waals surface area contributed by atoms with Crippen molar-refractivity contribution in [2.24, 2.45) is 5.92 Å². The van der Waals surface area contributed by atoms with Gasteiger partial charge in [0.05, 0.1) is 17.3 Å². The van der Waals surface area contributed by atoms with Crippen LogP contribution in [0, 0.1) is 28.6 Å². The normalized spacial score (nSPS) is 15.9. The van der Waals surface area contributed by atoms with Crippen LogP contribution in [0.3, 0.4) is 0 Å². The molecule has 5 heteroatoms. The van der Waals surface area contributed by atoms with E-state index >= 15 is 0 Å². The van der Waals surface area contributed by atoms with Gasteiger partial charge in [0.25, 0.3) is 0 Å². The lowest BCUT2D eigenvalue weighted by Crippen LogP contribution is -2.38. The molecule has 5 nitrogen and oxygen atoms in total. The summed E-state index contributed by atoms with van der Waals surface area (Å²) in [4.78, 5) is 14.5. The van der Waals surface area contributed by atoms with Gasteiger partial charge in [0.15, 0.2) is 0 Å². The van der Waals surface area contributed by atoms with Crippen LogP contribution in [0.2, 0.25) is 0 Å². The van der Waals surface area contributed by atoms with E-state index in [-0.39, 0.29) is 11.8 Å². The minimum atomic E-state index is -0.0184. The lowest BCUT2D eigenvalue weighted by molar-refractivity contribution is -0.121. The molecule has 108 valence electrons. The molecular formula is C16H18N4O. The van der Waals surface area contributed by atoms with Gasteiger partial charge in [0, 0.05) is 18.9 Å². The third-order valence-electron chi connectivity index (χ3n) is 3.80. The third kappa shape index (κ3) is 4.05. The van der Waals surface area contributed by atoms with Crippen molar-refractivity contribution in [2.45, 2.75) is 19.3 Å². The molecule has 0 radical (unpaired) electrons. The Morgan fingerprint density at radius 3 is 2.67 bits per heavy atom. The SMILES string of the molecule is N#CCCN1CCC(C(=O)Nc2ccccc2C#N)CC1. The van der Waals surface area contributed by atoms with E-state index < -0.39 is 0 Å². The average Bonchev–Trinajstić information content (AvgIpc) is 2.54. The monoisotopic (exact) mass is 282 g/mol. The molecule has 1 amide bonds. The predicted octanol–water partition coefficient (Wildman–Crippen LogP) is 2.12. The Hall–Kier alpha value is -2.37. The van der Waals surface area contributed by atoms with Crippen molar-refractivity contribution < 1.29 is 4.79 Å². The highest BCUT2D eigenvalue weighted by Gasteiger charge is 2.25. The minimum absolute atomic E-state index is 0.0161. The quantitative estimate of drug-likeness (QED) is 0.917. The fourth-order valence-electron chi connectivity index (χ4n) is 2.55. The summed E-state index contributed by atoms with van der Waals surface area (Å²) in [6.45, 7) is 2.47. The number of hydrogen-bond donors (Lipinski definition) is 1. The van der Waals surface area contributed by atoms with E-state index in [0.29, 0.717) is 17.7 Å². The first-order valence-corrected chi connectivity index (χ1v) is 7.14. The number of benzene rings is 1. The largest absolute Gasteiger partial charge is 0.325 e. The van der Waals surface area contributed by atoms with Gasteiger partial charge in [-0.15, -0.1) is 0 Å². The lowest BCUT2D eigenvalue weighted by atomic mass is 9.95. The van der Waals surface area contributed by atoms with Crippen molar-refractivity contribution in [1.29, 1.82) is 10.5 Å². The maximum Gasteiger partial charge on any atom is 0.227 e. The average molecular weight is 282 g/mol. The summed E-state index contributed by atoms with van der Waals surface area (Å²) in [7, 11) is 0. The minimum Gasteiger partial charge on any atom is -0.325 e. The Morgan fingerprint density at radius 1 is 1.29 bits per heavy atom. The molecule has 1 aromatic carbocycles. The van der Waals surface area contributed by atoms with Crippen molar-refractivity contribution in [1.82, 2.24) is 4.90 Å². The Balaban J connectivity index is 1.88. The number of para-hydroxylation sites is 1. The van der Waals surface area contributed by atoms with Gasteiger partial charge in [-0.25, -0.2) is 0 Å². The second-order valence-corrected chi connectivity index (χ2v) is 5.17. The number of carbonyl (C=O) groups is 1. The first kappa shape index (κ1) is 15.0. The Labute approximate surface area is 124 Å². The first-order chi connectivity index (χ1) is 10.2. The molecule has 1 heterocycles. The standard InChI is InChI=1S/C16H18N4O/c17-8-3-9-20-10-6-13(7-11-20)16(21)19-15-5-2-1-4-14(15)12-18/h1-2,4-5,13H,3,6-7,9-11H2,(H,19,21). The molecule has 1 aliphatic heterocycles. The van der Waals surface area contributed by atoms with Crippen LogP contribution in [-0.2, 0) is 4.79 Å². The number of amides is 1. The van der Waals surface area contributed by atoms with E-state index in [0.717, 1.165) is 32.5 Å². The maximum atomic E-state index is 12.3. The lowest BCUT2D eigenvalue weighted by Gasteiger charge is -2.30. The van der Waals surface area contributed by atoms with Crippen LogP contribution in [0.25, 0.3) is 0 Å². The number of hydrogen-bond acceptors (Lipinski definition) is 4. The molecule has 1 saturated heterocycles. The summed E-state index contributed by atoms with van der Waals surface area (Å²) in [6.07, 6.45) is 2.13. The van der Waals surface area contributed by atoms with Gasteiger partial charge in [0.2, 0.25) is 5.91 Å². The third-order valence-corrected chi connectivity index (χ3v) is 3.80. The molecule has 0 saturated carbocycles.